The van der Waals surface area contributed by atoms with Gasteiger partial charge in [0.15, 0.2) is 0 Å². The molecule has 1 aliphatic rings. The molecule has 0 spiro atoms. The van der Waals surface area contributed by atoms with Crippen LogP contribution in [-0.4, -0.2) is 22.2 Å². The third-order valence-corrected chi connectivity index (χ3v) is 4.48. The zero-order valence-electron chi connectivity index (χ0n) is 12.6. The van der Waals surface area contributed by atoms with Gasteiger partial charge in [-0.25, -0.2) is 0 Å². The van der Waals surface area contributed by atoms with E-state index in [1.165, 1.54) is 29.3 Å². The quantitative estimate of drug-likeness (QED) is 0.858. The Balaban J connectivity index is 1.50. The van der Waals surface area contributed by atoms with Gasteiger partial charge in [-0.3, -0.25) is 9.48 Å². The van der Waals surface area contributed by atoms with Gasteiger partial charge in [0.1, 0.15) is 0 Å². The molecule has 21 heavy (non-hydrogen) atoms. The predicted molar refractivity (Wildman–Crippen MR) is 84.1 cm³/mol. The van der Waals surface area contributed by atoms with E-state index in [2.05, 4.69) is 35.5 Å². The summed E-state index contributed by atoms with van der Waals surface area (Å²) in [4.78, 5) is 11.9. The van der Waals surface area contributed by atoms with E-state index in [0.29, 0.717) is 0 Å². The van der Waals surface area contributed by atoms with Crippen molar-refractivity contribution in [2.45, 2.75) is 45.6 Å². The summed E-state index contributed by atoms with van der Waals surface area (Å²) in [5.41, 5.74) is 2.44. The van der Waals surface area contributed by atoms with Crippen molar-refractivity contribution in [3.8, 4) is 0 Å². The minimum Gasteiger partial charge on any atom is -0.356 e. The predicted octanol–water partition coefficient (Wildman–Crippen LogP) is 3.04. The Bertz CT molecular complexity index is 626. The van der Waals surface area contributed by atoms with E-state index in [9.17, 15) is 4.79 Å². The Morgan fingerprint density at radius 2 is 2.19 bits per heavy atom. The largest absolute Gasteiger partial charge is 0.356 e. The first-order valence-electron chi connectivity index (χ1n) is 7.94. The number of nitrogens with one attached hydrogen (secondary N) is 1. The third-order valence-electron chi connectivity index (χ3n) is 4.48. The average molecular weight is 285 g/mol. The molecule has 0 radical (unpaired) electrons. The second-order valence-electron chi connectivity index (χ2n) is 6.00. The molecule has 1 aromatic carbocycles. The first-order valence-corrected chi connectivity index (χ1v) is 7.94. The number of benzene rings is 1. The van der Waals surface area contributed by atoms with Crippen molar-refractivity contribution < 1.29 is 4.79 Å². The highest BCUT2D eigenvalue weighted by atomic mass is 16.1. The van der Waals surface area contributed by atoms with Gasteiger partial charge in [0.05, 0.1) is 11.7 Å². The van der Waals surface area contributed by atoms with Crippen LogP contribution >= 0.6 is 0 Å². The summed E-state index contributed by atoms with van der Waals surface area (Å²) in [6, 6.07) is 6.28. The van der Waals surface area contributed by atoms with Gasteiger partial charge in [0.25, 0.3) is 0 Å². The molecule has 1 aromatic heterocycles. The third kappa shape index (κ3) is 3.09. The fourth-order valence-corrected chi connectivity index (χ4v) is 3.20. The Hall–Kier alpha value is -1.84. The van der Waals surface area contributed by atoms with Crippen LogP contribution in [-0.2, 0) is 11.3 Å². The topological polar surface area (TPSA) is 46.9 Å². The number of amides is 1. The summed E-state index contributed by atoms with van der Waals surface area (Å²) in [6.07, 6.45) is 7.39. The molecule has 1 amide bonds. The lowest BCUT2D eigenvalue weighted by atomic mass is 10.1. The van der Waals surface area contributed by atoms with Crippen LogP contribution in [0.15, 0.2) is 24.4 Å². The molecule has 4 heteroatoms. The average Bonchev–Trinajstić information content (AvgIpc) is 3.14. The van der Waals surface area contributed by atoms with Gasteiger partial charge in [-0.15, -0.1) is 0 Å². The number of carbonyl (C=O) groups is 1. The molecule has 0 bridgehead atoms. The molecule has 0 unspecified atom stereocenters. The van der Waals surface area contributed by atoms with Crippen LogP contribution in [0.3, 0.4) is 0 Å². The second kappa shape index (κ2) is 6.29. The normalized spacial score (nSPS) is 15.7. The van der Waals surface area contributed by atoms with Crippen molar-refractivity contribution in [1.82, 2.24) is 15.1 Å². The second-order valence-corrected chi connectivity index (χ2v) is 6.00. The number of rotatable bonds is 5. The van der Waals surface area contributed by atoms with E-state index in [4.69, 9.17) is 0 Å². The van der Waals surface area contributed by atoms with Gasteiger partial charge in [0.2, 0.25) is 5.91 Å². The van der Waals surface area contributed by atoms with Crippen molar-refractivity contribution >= 4 is 16.8 Å². The zero-order chi connectivity index (χ0) is 14.7. The maximum absolute atomic E-state index is 11.9. The Kier molecular flexibility index (Phi) is 4.23. The Labute approximate surface area is 125 Å². The van der Waals surface area contributed by atoms with Gasteiger partial charge in [0, 0.05) is 24.4 Å². The molecule has 2 aromatic rings. The van der Waals surface area contributed by atoms with Gasteiger partial charge < -0.3 is 5.32 Å². The molecule has 0 saturated heterocycles. The lowest BCUT2D eigenvalue weighted by Crippen LogP contribution is -2.30. The summed E-state index contributed by atoms with van der Waals surface area (Å²) < 4.78 is 2.03. The number of hydrogen-bond acceptors (Lipinski definition) is 2. The van der Waals surface area contributed by atoms with Crippen molar-refractivity contribution in [3.05, 3.63) is 30.0 Å². The van der Waals surface area contributed by atoms with Crippen LogP contribution in [0.5, 0.6) is 0 Å². The van der Waals surface area contributed by atoms with Gasteiger partial charge in [-0.2, -0.15) is 5.10 Å². The van der Waals surface area contributed by atoms with E-state index in [1.54, 1.807) is 0 Å². The molecule has 1 aliphatic carbocycles. The van der Waals surface area contributed by atoms with Crippen LogP contribution in [0.1, 0.15) is 37.7 Å². The number of hydrogen-bond donors (Lipinski definition) is 1. The molecule has 1 N–H and O–H groups in total. The van der Waals surface area contributed by atoms with Crippen molar-refractivity contribution in [1.29, 1.82) is 0 Å². The zero-order valence-corrected chi connectivity index (χ0v) is 12.6. The fourth-order valence-electron chi connectivity index (χ4n) is 3.20. The maximum atomic E-state index is 11.9. The van der Waals surface area contributed by atoms with Crippen LogP contribution in [0.2, 0.25) is 0 Å². The first-order chi connectivity index (χ1) is 10.3. The van der Waals surface area contributed by atoms with Crippen LogP contribution in [0, 0.1) is 12.8 Å². The van der Waals surface area contributed by atoms with Crippen LogP contribution in [0.25, 0.3) is 10.9 Å². The molecule has 1 fully saturated rings. The smallest absolute Gasteiger partial charge is 0.223 e. The Morgan fingerprint density at radius 1 is 1.38 bits per heavy atom. The van der Waals surface area contributed by atoms with Gasteiger partial charge >= 0.3 is 0 Å². The number of fused-ring (bicyclic) bond motifs is 1. The van der Waals surface area contributed by atoms with E-state index in [1.807, 2.05) is 10.9 Å². The number of carbonyl (C=O) groups excluding carboxylic acids is 1. The van der Waals surface area contributed by atoms with E-state index in [-0.39, 0.29) is 11.8 Å². The maximum Gasteiger partial charge on any atom is 0.223 e. The summed E-state index contributed by atoms with van der Waals surface area (Å²) in [6.45, 7) is 3.69. The monoisotopic (exact) mass is 285 g/mol. The highest BCUT2D eigenvalue weighted by Crippen LogP contribution is 2.24. The molecular formula is C17H23N3O. The summed E-state index contributed by atoms with van der Waals surface area (Å²) in [5, 5.41) is 8.74. The minimum atomic E-state index is 0.244. The first kappa shape index (κ1) is 14.1. The van der Waals surface area contributed by atoms with E-state index < -0.39 is 0 Å². The summed E-state index contributed by atoms with van der Waals surface area (Å²) >= 11 is 0. The minimum absolute atomic E-state index is 0.244. The molecule has 1 heterocycles. The van der Waals surface area contributed by atoms with E-state index in [0.717, 1.165) is 32.4 Å². The molecule has 4 nitrogen and oxygen atoms in total. The fraction of sp³-hybridized carbons (Fsp3) is 0.529. The van der Waals surface area contributed by atoms with Gasteiger partial charge in [-0.1, -0.05) is 25.0 Å². The van der Waals surface area contributed by atoms with Gasteiger partial charge in [-0.05, 0) is 37.8 Å². The summed E-state index contributed by atoms with van der Waals surface area (Å²) in [7, 11) is 0. The standard InChI is InChI=1S/C17H23N3O/c1-13-6-4-9-16-15(13)12-19-20(16)11-5-10-18-17(21)14-7-2-3-8-14/h4,6,9,12,14H,2-3,5,7-8,10-11H2,1H3,(H,18,21). The Morgan fingerprint density at radius 3 is 3.00 bits per heavy atom. The van der Waals surface area contributed by atoms with Crippen molar-refractivity contribution in [2.75, 3.05) is 6.54 Å². The highest BCUT2D eigenvalue weighted by molar-refractivity contribution is 5.82. The molecule has 3 rings (SSSR count). The van der Waals surface area contributed by atoms with E-state index >= 15 is 0 Å². The number of nitrogens with zero attached hydrogens (tertiary/aromatic N) is 2. The molecule has 0 atom stereocenters. The lowest BCUT2D eigenvalue weighted by molar-refractivity contribution is -0.124. The van der Waals surface area contributed by atoms with Crippen molar-refractivity contribution in [3.63, 3.8) is 0 Å². The van der Waals surface area contributed by atoms with Crippen LogP contribution < -0.4 is 5.32 Å². The van der Waals surface area contributed by atoms with Crippen LogP contribution in [0.4, 0.5) is 0 Å². The SMILES string of the molecule is Cc1cccc2c1cnn2CCCNC(=O)C1CCCC1. The molecule has 1 saturated carbocycles. The highest BCUT2D eigenvalue weighted by Gasteiger charge is 2.21. The molecular weight excluding hydrogens is 262 g/mol. The number of aromatic nitrogens is 2. The molecule has 112 valence electrons. The van der Waals surface area contributed by atoms with Crippen molar-refractivity contribution in [2.24, 2.45) is 5.92 Å². The summed E-state index contributed by atoms with van der Waals surface area (Å²) in [5.74, 6) is 0.506. The molecule has 0 aliphatic heterocycles. The number of aryl methyl sites for hydroxylation is 2. The lowest BCUT2D eigenvalue weighted by Gasteiger charge is -2.10.